The van der Waals surface area contributed by atoms with E-state index < -0.39 is 7.82 Å². The van der Waals surface area contributed by atoms with Gasteiger partial charge >= 0.3 is 0 Å². The molecule has 0 aliphatic rings. The summed E-state index contributed by atoms with van der Waals surface area (Å²) in [6.07, 6.45) is 40.5. The minimum atomic E-state index is -4.74. The lowest BCUT2D eigenvalue weighted by Gasteiger charge is -2.28. The van der Waals surface area contributed by atoms with E-state index in [4.69, 9.17) is 0 Å². The molecule has 0 aliphatic heterocycles. The second-order valence-corrected chi connectivity index (χ2v) is 18.0. The zero-order chi connectivity index (χ0) is 37.5. The summed E-state index contributed by atoms with van der Waals surface area (Å²) in [5, 5.41) is 0. The first kappa shape index (κ1) is 53.4. The predicted molar refractivity (Wildman–Crippen MR) is 215 cm³/mol. The van der Waals surface area contributed by atoms with Crippen LogP contribution in [0.15, 0.2) is 0 Å². The average molecular weight is 721 g/mol. The first-order valence-electron chi connectivity index (χ1n) is 21.5. The van der Waals surface area contributed by atoms with Crippen molar-refractivity contribution < 1.29 is 27.8 Å². The normalized spacial score (nSPS) is 12.0. The highest BCUT2D eigenvalue weighted by Gasteiger charge is 2.06. The lowest BCUT2D eigenvalue weighted by molar-refractivity contribution is -0.870. The Bertz CT molecular complexity index is 624. The van der Waals surface area contributed by atoms with Crippen LogP contribution in [-0.4, -0.2) is 70.9 Å². The minimum absolute atomic E-state index is 0.0424. The fourth-order valence-corrected chi connectivity index (χ4v) is 6.27. The molecule has 6 nitrogen and oxygen atoms in total. The average Bonchev–Trinajstić information content (AvgIpc) is 3.01. The fourth-order valence-electron chi connectivity index (χ4n) is 5.91. The maximum Gasteiger partial charge on any atom is 0.0780 e. The summed E-state index contributed by atoms with van der Waals surface area (Å²) in [6.45, 7) is 9.49. The molecule has 7 heteroatoms. The van der Waals surface area contributed by atoms with Crippen molar-refractivity contribution >= 4 is 7.82 Å². The lowest BCUT2D eigenvalue weighted by Crippen LogP contribution is -2.35. The third-order valence-corrected chi connectivity index (χ3v) is 9.61. The number of unbranched alkanes of at least 4 members (excludes halogenated alkanes) is 27. The number of rotatable bonds is 34. The van der Waals surface area contributed by atoms with Crippen molar-refractivity contribution in [2.24, 2.45) is 0 Å². The molecule has 0 unspecified atom stereocenters. The van der Waals surface area contributed by atoms with Crippen LogP contribution in [0.4, 0.5) is 0 Å². The van der Waals surface area contributed by atoms with Gasteiger partial charge in [-0.25, -0.2) is 0 Å². The molecule has 0 aromatic heterocycles. The van der Waals surface area contributed by atoms with E-state index in [0.717, 1.165) is 21.8 Å². The molecule has 0 aromatic rings. The maximum atomic E-state index is 10.1. The van der Waals surface area contributed by atoms with Gasteiger partial charge in [0, 0.05) is 0 Å². The molecule has 0 saturated heterocycles. The van der Waals surface area contributed by atoms with Crippen LogP contribution < -0.4 is 9.79 Å². The topological polar surface area (TPSA) is 72.4 Å². The third kappa shape index (κ3) is 63.5. The Kier molecular flexibility index (Phi) is 42.8. The van der Waals surface area contributed by atoms with Gasteiger partial charge in [0.1, 0.15) is 0 Å². The summed E-state index contributed by atoms with van der Waals surface area (Å²) < 4.78 is 16.5. The number of nitrogens with zero attached hydrogens (tertiary/aromatic N) is 2. The molecule has 0 aromatic carbocycles. The van der Waals surface area contributed by atoms with Crippen molar-refractivity contribution in [3.05, 3.63) is 0 Å². The Balaban J connectivity index is -0.000000648. The van der Waals surface area contributed by atoms with Gasteiger partial charge < -0.3 is 27.8 Å². The van der Waals surface area contributed by atoms with Crippen LogP contribution >= 0.6 is 7.82 Å². The smallest absolute Gasteiger partial charge is 0.0780 e. The van der Waals surface area contributed by atoms with Gasteiger partial charge in [0.2, 0.25) is 0 Å². The maximum absolute atomic E-state index is 10.1. The van der Waals surface area contributed by atoms with Gasteiger partial charge in [-0.1, -0.05) is 181 Å². The van der Waals surface area contributed by atoms with Crippen LogP contribution in [-0.2, 0) is 9.09 Å². The predicted octanol–water partition coefficient (Wildman–Crippen LogP) is 12.0. The van der Waals surface area contributed by atoms with E-state index in [1.54, 1.807) is 0 Å². The van der Waals surface area contributed by atoms with E-state index >= 15 is 0 Å². The third-order valence-electron chi connectivity index (χ3n) is 9.11. The Morgan fingerprint density at radius 1 is 0.367 bits per heavy atom. The van der Waals surface area contributed by atoms with Gasteiger partial charge in [0.15, 0.2) is 0 Å². The molecule has 0 amide bonds. The van der Waals surface area contributed by atoms with Crippen LogP contribution in [0, 0.1) is 0 Å². The summed E-state index contributed by atoms with van der Waals surface area (Å²) in [5.74, 6) is 0. The highest BCUT2D eigenvalue weighted by molar-refractivity contribution is 7.43. The second-order valence-electron chi connectivity index (χ2n) is 16.9. The fraction of sp³-hybridized carbons (Fsp3) is 1.00. The van der Waals surface area contributed by atoms with Crippen molar-refractivity contribution in [3.8, 4) is 0 Å². The molecule has 0 aliphatic carbocycles. The van der Waals surface area contributed by atoms with E-state index in [0.29, 0.717) is 6.42 Å². The number of phosphoric ester groups is 1. The molecule has 0 rings (SSSR count). The molecule has 0 saturated carbocycles. The lowest BCUT2D eigenvalue weighted by atomic mass is 10.1. The summed E-state index contributed by atoms with van der Waals surface area (Å²) in [5.41, 5.74) is 0. The zero-order valence-electron chi connectivity index (χ0n) is 35.3. The van der Waals surface area contributed by atoms with Gasteiger partial charge in [0.05, 0.1) is 69.8 Å². The summed E-state index contributed by atoms with van der Waals surface area (Å²) in [7, 11) is 8.97. The molecule has 49 heavy (non-hydrogen) atoms. The standard InChI is InChI=1S/2C15H34N.C12H27O4P/c2*1-5-6-7-8-9-10-11-12-13-14-15-16(2,3)4;1-2-3-4-5-6-7-8-9-10-11-12-16-17(13,14)15/h2*5-15H2,1-4H3;2-12H2,1H3,(H2,13,14,15)/q2*+1;/p-2. The molecule has 0 atom stereocenters. The van der Waals surface area contributed by atoms with E-state index in [-0.39, 0.29) is 6.61 Å². The first-order chi connectivity index (χ1) is 23.2. The van der Waals surface area contributed by atoms with E-state index in [1.807, 2.05) is 0 Å². The van der Waals surface area contributed by atoms with Crippen LogP contribution in [0.5, 0.6) is 0 Å². The summed E-state index contributed by atoms with van der Waals surface area (Å²) in [6, 6.07) is 0. The van der Waals surface area contributed by atoms with Crippen molar-refractivity contribution in [1.82, 2.24) is 0 Å². The van der Waals surface area contributed by atoms with Gasteiger partial charge in [-0.15, -0.1) is 0 Å². The molecule has 0 radical (unpaired) electrons. The largest absolute Gasteiger partial charge is 0.790 e. The van der Waals surface area contributed by atoms with Gasteiger partial charge in [-0.3, -0.25) is 0 Å². The van der Waals surface area contributed by atoms with E-state index in [1.165, 1.54) is 186 Å². The molecular weight excluding hydrogens is 627 g/mol. The monoisotopic (exact) mass is 721 g/mol. The van der Waals surface area contributed by atoms with Crippen LogP contribution in [0.25, 0.3) is 0 Å². The minimum Gasteiger partial charge on any atom is -0.790 e. The number of hydrogen-bond acceptors (Lipinski definition) is 4. The van der Waals surface area contributed by atoms with Gasteiger partial charge in [-0.05, 0) is 32.1 Å². The van der Waals surface area contributed by atoms with E-state index in [2.05, 4.69) is 67.6 Å². The van der Waals surface area contributed by atoms with Gasteiger partial charge in [-0.2, -0.15) is 0 Å². The number of phosphoric acid groups is 1. The number of hydrogen-bond donors (Lipinski definition) is 0. The highest BCUT2D eigenvalue weighted by atomic mass is 31.2. The molecule has 0 N–H and O–H groups in total. The molecule has 0 fully saturated rings. The Labute approximate surface area is 310 Å². The highest BCUT2D eigenvalue weighted by Crippen LogP contribution is 2.24. The Hall–Kier alpha value is 0.0300. The molecule has 0 spiro atoms. The summed E-state index contributed by atoms with van der Waals surface area (Å²) >= 11 is 0. The molecule has 300 valence electrons. The summed E-state index contributed by atoms with van der Waals surface area (Å²) in [4.78, 5) is 20.3. The molecular formula is C42H93N2O4P. The van der Waals surface area contributed by atoms with Gasteiger partial charge in [0.25, 0.3) is 0 Å². The Morgan fingerprint density at radius 3 is 0.776 bits per heavy atom. The van der Waals surface area contributed by atoms with Crippen LogP contribution in [0.2, 0.25) is 0 Å². The van der Waals surface area contributed by atoms with Crippen molar-refractivity contribution in [1.29, 1.82) is 0 Å². The van der Waals surface area contributed by atoms with Crippen LogP contribution in [0.1, 0.15) is 213 Å². The van der Waals surface area contributed by atoms with Crippen molar-refractivity contribution in [2.75, 3.05) is 62.0 Å². The van der Waals surface area contributed by atoms with Crippen LogP contribution in [0.3, 0.4) is 0 Å². The van der Waals surface area contributed by atoms with Crippen molar-refractivity contribution in [3.63, 3.8) is 0 Å². The SMILES string of the molecule is CCCCCCCCCCCCOP(=O)([O-])[O-].CCCCCCCCCCCC[N+](C)(C)C.CCCCCCCCCCCC[N+](C)(C)C. The quantitative estimate of drug-likeness (QED) is 0.0377. The Morgan fingerprint density at radius 2 is 0.571 bits per heavy atom. The second kappa shape index (κ2) is 39.2. The molecule has 0 heterocycles. The van der Waals surface area contributed by atoms with E-state index in [9.17, 15) is 14.4 Å². The van der Waals surface area contributed by atoms with Crippen molar-refractivity contribution in [2.45, 2.75) is 213 Å². The first-order valence-corrected chi connectivity index (χ1v) is 22.9. The molecule has 0 bridgehead atoms. The zero-order valence-corrected chi connectivity index (χ0v) is 36.2. The number of quaternary nitrogens is 2.